The Hall–Kier alpha value is -0.740. The van der Waals surface area contributed by atoms with Crippen molar-refractivity contribution < 1.29 is 4.79 Å². The minimum absolute atomic E-state index is 0.0208. The highest BCUT2D eigenvalue weighted by atomic mass is 35.5. The Balaban J connectivity index is 2.08. The minimum atomic E-state index is -0.0208. The van der Waals surface area contributed by atoms with Crippen LogP contribution in [0, 0.1) is 0 Å². The molecule has 4 nitrogen and oxygen atoms in total. The lowest BCUT2D eigenvalue weighted by molar-refractivity contribution is -0.133. The predicted octanol–water partition coefficient (Wildman–Crippen LogP) is 0.508. The summed E-state index contributed by atoms with van der Waals surface area (Å²) in [6.45, 7) is 1.48. The maximum atomic E-state index is 11.5. The van der Waals surface area contributed by atoms with Gasteiger partial charge in [-0.1, -0.05) is 11.6 Å². The largest absolute Gasteiger partial charge is 0.347 e. The average molecular weight is 216 g/mol. The summed E-state index contributed by atoms with van der Waals surface area (Å²) in [6.07, 6.45) is 3.48. The Morgan fingerprint density at radius 2 is 2.43 bits per heavy atom. The number of nitrogens with zero attached hydrogens (tertiary/aromatic N) is 2. The van der Waals surface area contributed by atoms with E-state index in [4.69, 9.17) is 11.6 Å². The summed E-state index contributed by atoms with van der Waals surface area (Å²) in [5, 5.41) is 4.00. The van der Waals surface area contributed by atoms with Gasteiger partial charge in [-0.15, -0.1) is 0 Å². The number of hydrogen-bond acceptors (Lipinski definition) is 3. The van der Waals surface area contributed by atoms with Crippen molar-refractivity contribution in [3.05, 3.63) is 11.2 Å². The van der Waals surface area contributed by atoms with Crippen molar-refractivity contribution >= 4 is 17.5 Å². The van der Waals surface area contributed by atoms with Gasteiger partial charge in [-0.05, 0) is 6.42 Å². The van der Waals surface area contributed by atoms with Gasteiger partial charge in [0.25, 0.3) is 0 Å². The first-order chi connectivity index (χ1) is 6.68. The van der Waals surface area contributed by atoms with E-state index in [2.05, 4.69) is 5.32 Å². The smallest absolute Gasteiger partial charge is 0.225 e. The summed E-state index contributed by atoms with van der Waals surface area (Å²) in [6, 6.07) is 0. The van der Waals surface area contributed by atoms with Gasteiger partial charge in [0.15, 0.2) is 6.29 Å². The molecule has 0 aliphatic carbocycles. The molecule has 0 bridgehead atoms. The maximum Gasteiger partial charge on any atom is 0.225 e. The van der Waals surface area contributed by atoms with Gasteiger partial charge >= 0.3 is 0 Å². The van der Waals surface area contributed by atoms with Crippen molar-refractivity contribution in [3.63, 3.8) is 0 Å². The maximum absolute atomic E-state index is 11.5. The molecule has 2 aliphatic heterocycles. The predicted molar refractivity (Wildman–Crippen MR) is 54.4 cm³/mol. The lowest BCUT2D eigenvalue weighted by Gasteiger charge is -2.38. The van der Waals surface area contributed by atoms with Crippen LogP contribution in [-0.4, -0.2) is 42.1 Å². The SMILES string of the molecule is CN1C=C(Cl)CNC1N1CCCC1=O. The molecule has 0 saturated carbocycles. The standard InChI is InChI=1S/C9H14ClN3O/c1-12-6-7(10)5-11-9(12)13-4-2-3-8(13)14/h6,9,11H,2-5H2,1H3. The van der Waals surface area contributed by atoms with Crippen LogP contribution in [0.5, 0.6) is 0 Å². The molecule has 1 fully saturated rings. The van der Waals surface area contributed by atoms with E-state index in [1.54, 1.807) is 0 Å². The fourth-order valence-corrected chi connectivity index (χ4v) is 2.16. The van der Waals surface area contributed by atoms with Crippen molar-refractivity contribution in [1.29, 1.82) is 0 Å². The monoisotopic (exact) mass is 215 g/mol. The van der Waals surface area contributed by atoms with Gasteiger partial charge in [-0.2, -0.15) is 0 Å². The second-order valence-corrected chi connectivity index (χ2v) is 4.17. The molecule has 0 aromatic carbocycles. The second kappa shape index (κ2) is 3.79. The van der Waals surface area contributed by atoms with Crippen LogP contribution in [0.2, 0.25) is 0 Å². The minimum Gasteiger partial charge on any atom is -0.347 e. The average Bonchev–Trinajstić information content (AvgIpc) is 2.52. The van der Waals surface area contributed by atoms with Crippen LogP contribution in [0.25, 0.3) is 0 Å². The molecule has 78 valence electrons. The fourth-order valence-electron chi connectivity index (χ4n) is 1.93. The highest BCUT2D eigenvalue weighted by molar-refractivity contribution is 6.29. The summed E-state index contributed by atoms with van der Waals surface area (Å²) in [7, 11) is 1.92. The van der Waals surface area contributed by atoms with Crippen LogP contribution in [0.4, 0.5) is 0 Å². The van der Waals surface area contributed by atoms with Gasteiger partial charge in [-0.3, -0.25) is 10.1 Å². The lowest BCUT2D eigenvalue weighted by Crippen LogP contribution is -2.56. The molecular weight excluding hydrogens is 202 g/mol. The van der Waals surface area contributed by atoms with Gasteiger partial charge in [0.1, 0.15) is 0 Å². The lowest BCUT2D eigenvalue weighted by atomic mass is 10.4. The van der Waals surface area contributed by atoms with Gasteiger partial charge in [0, 0.05) is 37.8 Å². The van der Waals surface area contributed by atoms with Crippen molar-refractivity contribution in [2.75, 3.05) is 20.1 Å². The third kappa shape index (κ3) is 1.72. The topological polar surface area (TPSA) is 35.6 Å². The van der Waals surface area contributed by atoms with Crippen LogP contribution in [-0.2, 0) is 4.79 Å². The van der Waals surface area contributed by atoms with Crippen LogP contribution in [0.15, 0.2) is 11.2 Å². The van der Waals surface area contributed by atoms with E-state index >= 15 is 0 Å². The number of hydrogen-bond donors (Lipinski definition) is 1. The van der Waals surface area contributed by atoms with Gasteiger partial charge in [-0.25, -0.2) is 0 Å². The Morgan fingerprint density at radius 3 is 3.00 bits per heavy atom. The zero-order valence-corrected chi connectivity index (χ0v) is 8.92. The third-order valence-electron chi connectivity index (χ3n) is 2.59. The van der Waals surface area contributed by atoms with Crippen LogP contribution in [0.3, 0.4) is 0 Å². The quantitative estimate of drug-likeness (QED) is 0.693. The number of nitrogens with one attached hydrogen (secondary N) is 1. The molecule has 1 N–H and O–H groups in total. The van der Waals surface area contributed by atoms with Crippen molar-refractivity contribution in [2.45, 2.75) is 19.1 Å². The van der Waals surface area contributed by atoms with E-state index in [0.29, 0.717) is 13.0 Å². The molecule has 1 amide bonds. The van der Waals surface area contributed by atoms with Crippen molar-refractivity contribution in [2.24, 2.45) is 0 Å². The Kier molecular flexibility index (Phi) is 2.65. The Labute approximate surface area is 88.5 Å². The highest BCUT2D eigenvalue weighted by Crippen LogP contribution is 2.18. The van der Waals surface area contributed by atoms with E-state index in [1.807, 2.05) is 23.0 Å². The Bertz CT molecular complexity index is 279. The van der Waals surface area contributed by atoms with E-state index in [9.17, 15) is 4.79 Å². The summed E-state index contributed by atoms with van der Waals surface area (Å²) < 4.78 is 0. The summed E-state index contributed by atoms with van der Waals surface area (Å²) >= 11 is 5.87. The summed E-state index contributed by atoms with van der Waals surface area (Å²) in [4.78, 5) is 15.3. The van der Waals surface area contributed by atoms with Crippen LogP contribution >= 0.6 is 11.6 Å². The van der Waals surface area contributed by atoms with Gasteiger partial charge in [0.05, 0.1) is 0 Å². The normalized spacial score (nSPS) is 28.3. The highest BCUT2D eigenvalue weighted by Gasteiger charge is 2.31. The first-order valence-corrected chi connectivity index (χ1v) is 5.17. The number of carbonyl (C=O) groups excluding carboxylic acids is 1. The molecule has 0 aromatic heterocycles. The molecule has 1 saturated heterocycles. The number of amides is 1. The van der Waals surface area contributed by atoms with Crippen LogP contribution < -0.4 is 5.32 Å². The number of likely N-dealkylation sites (tertiary alicyclic amines) is 1. The molecule has 14 heavy (non-hydrogen) atoms. The molecule has 1 atom stereocenters. The summed E-state index contributed by atoms with van der Waals surface area (Å²) in [5.74, 6) is 0.223. The van der Waals surface area contributed by atoms with E-state index in [0.717, 1.165) is 18.0 Å². The fraction of sp³-hybridized carbons (Fsp3) is 0.667. The molecule has 2 heterocycles. The van der Waals surface area contributed by atoms with Crippen molar-refractivity contribution in [3.8, 4) is 0 Å². The zero-order valence-electron chi connectivity index (χ0n) is 8.16. The zero-order chi connectivity index (χ0) is 10.1. The molecule has 0 aromatic rings. The molecular formula is C9H14ClN3O. The molecule has 1 unspecified atom stereocenters. The van der Waals surface area contributed by atoms with Gasteiger partial charge < -0.3 is 9.80 Å². The van der Waals surface area contributed by atoms with E-state index in [-0.39, 0.29) is 12.2 Å². The molecule has 5 heteroatoms. The van der Waals surface area contributed by atoms with E-state index in [1.165, 1.54) is 0 Å². The van der Waals surface area contributed by atoms with Gasteiger partial charge in [0.2, 0.25) is 5.91 Å². The molecule has 0 radical (unpaired) electrons. The van der Waals surface area contributed by atoms with Crippen LogP contribution in [0.1, 0.15) is 12.8 Å². The molecule has 2 aliphatic rings. The molecule has 0 spiro atoms. The number of halogens is 1. The Morgan fingerprint density at radius 1 is 1.64 bits per heavy atom. The summed E-state index contributed by atoms with van der Waals surface area (Å²) in [5.41, 5.74) is 0. The van der Waals surface area contributed by atoms with Crippen molar-refractivity contribution in [1.82, 2.24) is 15.1 Å². The second-order valence-electron chi connectivity index (χ2n) is 3.69. The molecule has 2 rings (SSSR count). The third-order valence-corrected chi connectivity index (χ3v) is 2.82. The van der Waals surface area contributed by atoms with E-state index < -0.39 is 0 Å². The number of carbonyl (C=O) groups is 1. The first-order valence-electron chi connectivity index (χ1n) is 4.79. The number of rotatable bonds is 1. The first kappa shape index (κ1) is 9.80.